The molecule has 1 aromatic carbocycles. The zero-order valence-corrected chi connectivity index (χ0v) is 16.1. The molecule has 0 unspecified atom stereocenters. The second kappa shape index (κ2) is 7.67. The third kappa shape index (κ3) is 4.20. The van der Waals surface area contributed by atoms with Gasteiger partial charge in [0.15, 0.2) is 0 Å². The highest BCUT2D eigenvalue weighted by Crippen LogP contribution is 2.27. The van der Waals surface area contributed by atoms with E-state index in [-0.39, 0.29) is 10.7 Å². The lowest BCUT2D eigenvalue weighted by atomic mass is 10.2. The van der Waals surface area contributed by atoms with Crippen LogP contribution in [0.1, 0.15) is 18.3 Å². The number of H-pyrrole nitrogens is 1. The average molecular weight is 387 g/mol. The maximum absolute atomic E-state index is 12.6. The van der Waals surface area contributed by atoms with Crippen LogP contribution in [0.15, 0.2) is 47.5 Å². The first-order valence-corrected chi connectivity index (χ1v) is 9.88. The number of ether oxygens (including phenoxy) is 1. The molecule has 0 aliphatic carbocycles. The molecule has 2 heterocycles. The van der Waals surface area contributed by atoms with Gasteiger partial charge in [0, 0.05) is 0 Å². The molecule has 8 nitrogen and oxygen atoms in total. The van der Waals surface area contributed by atoms with Gasteiger partial charge in [-0.3, -0.25) is 9.82 Å². The molecule has 0 amide bonds. The number of para-hydroxylation sites is 2. The Morgan fingerprint density at radius 2 is 1.93 bits per heavy atom. The summed E-state index contributed by atoms with van der Waals surface area (Å²) in [6.07, 6.45) is 1.55. The Balaban J connectivity index is 1.76. The van der Waals surface area contributed by atoms with E-state index < -0.39 is 10.0 Å². The van der Waals surface area contributed by atoms with Crippen LogP contribution in [0.2, 0.25) is 0 Å². The normalized spacial score (nSPS) is 11.2. The standard InChI is InChI=1S/C18H21N5O3S/c1-4-26-16-8-6-5-7-15(16)20-14-9-10-17(19-11-14)23-27(24,25)18-12(2)21-22-13(18)3/h5-11,20H,4H2,1-3H3,(H,19,23)(H,21,22). The van der Waals surface area contributed by atoms with Crippen molar-refractivity contribution in [3.63, 3.8) is 0 Å². The Kier molecular flexibility index (Phi) is 5.31. The zero-order valence-electron chi connectivity index (χ0n) is 15.3. The number of nitrogens with one attached hydrogen (secondary N) is 3. The van der Waals surface area contributed by atoms with Gasteiger partial charge in [-0.05, 0) is 45.0 Å². The summed E-state index contributed by atoms with van der Waals surface area (Å²) in [5, 5.41) is 9.80. The molecule has 0 saturated heterocycles. The Bertz CT molecular complexity index is 1010. The summed E-state index contributed by atoms with van der Waals surface area (Å²) in [6.45, 7) is 5.77. The van der Waals surface area contributed by atoms with Gasteiger partial charge < -0.3 is 10.1 Å². The maximum atomic E-state index is 12.6. The summed E-state index contributed by atoms with van der Waals surface area (Å²) in [7, 11) is -3.76. The van der Waals surface area contributed by atoms with Gasteiger partial charge in [-0.2, -0.15) is 5.10 Å². The molecule has 0 fully saturated rings. The predicted octanol–water partition coefficient (Wildman–Crippen LogP) is 3.36. The van der Waals surface area contributed by atoms with Gasteiger partial charge in [0.2, 0.25) is 0 Å². The lowest BCUT2D eigenvalue weighted by Crippen LogP contribution is -2.15. The lowest BCUT2D eigenvalue weighted by molar-refractivity contribution is 0.342. The minimum absolute atomic E-state index is 0.136. The van der Waals surface area contributed by atoms with Crippen LogP contribution < -0.4 is 14.8 Å². The second-order valence-corrected chi connectivity index (χ2v) is 7.47. The molecule has 3 aromatic rings. The summed E-state index contributed by atoms with van der Waals surface area (Å²) >= 11 is 0. The topological polar surface area (TPSA) is 109 Å². The van der Waals surface area contributed by atoms with E-state index in [1.165, 1.54) is 0 Å². The second-order valence-electron chi connectivity index (χ2n) is 5.85. The number of aryl methyl sites for hydroxylation is 2. The van der Waals surface area contributed by atoms with Gasteiger partial charge in [0.05, 0.1) is 35.6 Å². The fourth-order valence-corrected chi connectivity index (χ4v) is 4.04. The molecule has 9 heteroatoms. The highest BCUT2D eigenvalue weighted by Gasteiger charge is 2.22. The minimum Gasteiger partial charge on any atom is -0.492 e. The van der Waals surface area contributed by atoms with E-state index in [0.717, 1.165) is 11.4 Å². The SMILES string of the molecule is CCOc1ccccc1Nc1ccc(NS(=O)(=O)c2c(C)n[nH]c2C)nc1. The quantitative estimate of drug-likeness (QED) is 0.573. The van der Waals surface area contributed by atoms with Crippen LogP contribution in [-0.4, -0.2) is 30.2 Å². The fourth-order valence-electron chi connectivity index (χ4n) is 2.66. The van der Waals surface area contributed by atoms with Crippen LogP contribution in [0.3, 0.4) is 0 Å². The van der Waals surface area contributed by atoms with Crippen molar-refractivity contribution in [2.24, 2.45) is 0 Å². The number of sulfonamides is 1. The van der Waals surface area contributed by atoms with Crippen LogP contribution in [0.25, 0.3) is 0 Å². The van der Waals surface area contributed by atoms with Crippen molar-refractivity contribution in [3.05, 3.63) is 54.0 Å². The molecule has 0 aliphatic heterocycles. The van der Waals surface area contributed by atoms with Crippen molar-refractivity contribution in [1.82, 2.24) is 15.2 Å². The molecule has 0 radical (unpaired) electrons. The maximum Gasteiger partial charge on any atom is 0.266 e. The predicted molar refractivity (Wildman–Crippen MR) is 104 cm³/mol. The number of hydrogen-bond acceptors (Lipinski definition) is 6. The number of aromatic nitrogens is 3. The van der Waals surface area contributed by atoms with E-state index in [2.05, 4.69) is 25.2 Å². The third-order valence-corrected chi connectivity index (χ3v) is 5.41. The summed E-state index contributed by atoms with van der Waals surface area (Å²) < 4.78 is 33.2. The number of aromatic amines is 1. The number of rotatable bonds is 7. The van der Waals surface area contributed by atoms with Crippen molar-refractivity contribution in [2.75, 3.05) is 16.6 Å². The molecule has 2 aromatic heterocycles. The molecule has 3 rings (SSSR count). The van der Waals surface area contributed by atoms with Crippen molar-refractivity contribution < 1.29 is 13.2 Å². The summed E-state index contributed by atoms with van der Waals surface area (Å²) in [6, 6.07) is 10.9. The van der Waals surface area contributed by atoms with E-state index in [9.17, 15) is 8.42 Å². The van der Waals surface area contributed by atoms with Crippen molar-refractivity contribution in [2.45, 2.75) is 25.7 Å². The summed E-state index contributed by atoms with van der Waals surface area (Å²) in [5.41, 5.74) is 2.40. The van der Waals surface area contributed by atoms with Gasteiger partial charge in [0.25, 0.3) is 10.0 Å². The summed E-state index contributed by atoms with van der Waals surface area (Å²) in [4.78, 5) is 4.32. The number of hydrogen-bond donors (Lipinski definition) is 3. The summed E-state index contributed by atoms with van der Waals surface area (Å²) in [5.74, 6) is 0.953. The highest BCUT2D eigenvalue weighted by atomic mass is 32.2. The third-order valence-electron chi connectivity index (χ3n) is 3.80. The first-order chi connectivity index (χ1) is 12.9. The molecule has 0 bridgehead atoms. The van der Waals surface area contributed by atoms with E-state index in [1.54, 1.807) is 32.2 Å². The Morgan fingerprint density at radius 3 is 2.56 bits per heavy atom. The van der Waals surface area contributed by atoms with Crippen LogP contribution in [0.4, 0.5) is 17.2 Å². The Morgan fingerprint density at radius 1 is 1.15 bits per heavy atom. The lowest BCUT2D eigenvalue weighted by Gasteiger charge is -2.12. The zero-order chi connectivity index (χ0) is 19.4. The molecule has 0 saturated carbocycles. The van der Waals surface area contributed by atoms with E-state index in [4.69, 9.17) is 4.74 Å². The molecular formula is C18H21N5O3S. The van der Waals surface area contributed by atoms with E-state index >= 15 is 0 Å². The van der Waals surface area contributed by atoms with Crippen molar-refractivity contribution in [1.29, 1.82) is 0 Å². The van der Waals surface area contributed by atoms with Gasteiger partial charge in [-0.1, -0.05) is 12.1 Å². The monoisotopic (exact) mass is 387 g/mol. The van der Waals surface area contributed by atoms with Gasteiger partial charge >= 0.3 is 0 Å². The van der Waals surface area contributed by atoms with Gasteiger partial charge in [-0.25, -0.2) is 13.4 Å². The van der Waals surface area contributed by atoms with Gasteiger partial charge in [-0.15, -0.1) is 0 Å². The molecule has 0 spiro atoms. The van der Waals surface area contributed by atoms with Crippen LogP contribution in [0, 0.1) is 13.8 Å². The molecular weight excluding hydrogens is 366 g/mol. The highest BCUT2D eigenvalue weighted by molar-refractivity contribution is 7.92. The van der Waals surface area contributed by atoms with Gasteiger partial charge in [0.1, 0.15) is 16.5 Å². The smallest absolute Gasteiger partial charge is 0.266 e. The van der Waals surface area contributed by atoms with Crippen molar-refractivity contribution >= 4 is 27.2 Å². The Hall–Kier alpha value is -3.07. The molecule has 142 valence electrons. The van der Waals surface area contributed by atoms with Crippen LogP contribution in [-0.2, 0) is 10.0 Å². The van der Waals surface area contributed by atoms with Crippen LogP contribution in [0.5, 0.6) is 5.75 Å². The van der Waals surface area contributed by atoms with Crippen molar-refractivity contribution in [3.8, 4) is 5.75 Å². The van der Waals surface area contributed by atoms with Crippen LogP contribution >= 0.6 is 0 Å². The first kappa shape index (κ1) is 18.7. The number of benzene rings is 1. The molecule has 3 N–H and O–H groups in total. The van der Waals surface area contributed by atoms with E-state index in [1.807, 2.05) is 31.2 Å². The molecule has 0 aliphatic rings. The Labute approximate surface area is 158 Å². The molecule has 27 heavy (non-hydrogen) atoms. The number of anilines is 3. The fraction of sp³-hybridized carbons (Fsp3) is 0.222. The number of nitrogens with zero attached hydrogens (tertiary/aromatic N) is 2. The largest absolute Gasteiger partial charge is 0.492 e. The number of pyridine rings is 1. The van der Waals surface area contributed by atoms with E-state index in [0.29, 0.717) is 23.7 Å². The minimum atomic E-state index is -3.76. The molecule has 0 atom stereocenters. The first-order valence-electron chi connectivity index (χ1n) is 8.40. The average Bonchev–Trinajstić information content (AvgIpc) is 2.97.